The maximum atomic E-state index is 6.60. The zero-order valence-corrected chi connectivity index (χ0v) is 38.7. The molecular formula is C48H52Cl2O2SiZr. The van der Waals surface area contributed by atoms with Gasteiger partial charge in [-0.3, -0.25) is 0 Å². The van der Waals surface area contributed by atoms with Gasteiger partial charge in [-0.05, 0) is 0 Å². The fraction of sp³-hybridized carbons (Fsp3) is 0.250. The number of hydrogen-bond acceptors (Lipinski definition) is 2. The minimum Gasteiger partial charge on any atom is -0.147 e. The number of allylic oxidation sites excluding steroid dienone is 2. The van der Waals surface area contributed by atoms with E-state index in [4.69, 9.17) is 8.83 Å². The molecule has 0 spiro atoms. The van der Waals surface area contributed by atoms with E-state index in [0.717, 1.165) is 23.0 Å². The number of fused-ring (bicyclic) bond motifs is 2. The molecule has 0 saturated carbocycles. The molecule has 0 amide bonds. The molecule has 2 heterocycles. The molecule has 2 unspecified atom stereocenters. The molecule has 54 heavy (non-hydrogen) atoms. The molecule has 2 aliphatic rings. The fourth-order valence-electron chi connectivity index (χ4n) is 9.69. The summed E-state index contributed by atoms with van der Waals surface area (Å²) in [5.74, 6) is 3.89. The Bertz CT molecular complexity index is 2440. The Hall–Kier alpha value is -3.40. The summed E-state index contributed by atoms with van der Waals surface area (Å²) in [6.45, 7) is 20.1. The van der Waals surface area contributed by atoms with Crippen LogP contribution in [0.15, 0.2) is 93.8 Å². The van der Waals surface area contributed by atoms with Gasteiger partial charge in [0.1, 0.15) is 0 Å². The molecule has 8 rings (SSSR count). The van der Waals surface area contributed by atoms with Crippen LogP contribution in [0.4, 0.5) is 0 Å². The van der Waals surface area contributed by atoms with Crippen molar-refractivity contribution in [3.05, 3.63) is 164 Å². The van der Waals surface area contributed by atoms with E-state index in [2.05, 4.69) is 169 Å². The summed E-state index contributed by atoms with van der Waals surface area (Å²) in [5.41, 5.74) is 21.5. The topological polar surface area (TPSA) is 26.3 Å². The SMILES string of the molecule is Cc1cccc(-c2c(C)c(C)cc3c2C=C(c2ccc(C)o2)[CH]3[Zr]([CH3])([CH3])(=[SiH2])[CH]2C(c3ccc(C)o3)=Cc3c2cc(C)c(C)c3-c2cccc(C)c2)c1.Cl.Cl. The van der Waals surface area contributed by atoms with Crippen LogP contribution in [-0.2, 0) is 17.4 Å². The van der Waals surface area contributed by atoms with E-state index >= 15 is 0 Å². The number of benzene rings is 4. The van der Waals surface area contributed by atoms with Gasteiger partial charge in [0.2, 0.25) is 0 Å². The molecular weight excluding hydrogens is 799 g/mol. The monoisotopic (exact) mass is 848 g/mol. The van der Waals surface area contributed by atoms with Gasteiger partial charge >= 0.3 is 314 Å². The summed E-state index contributed by atoms with van der Waals surface area (Å²) >= 11 is -4.21. The number of halogens is 2. The van der Waals surface area contributed by atoms with E-state index in [1.165, 1.54) is 89.0 Å². The second-order valence-corrected chi connectivity index (χ2v) is 47.4. The fourth-order valence-corrected chi connectivity index (χ4v) is 28.0. The van der Waals surface area contributed by atoms with Crippen LogP contribution in [-0.4, -0.2) is 6.88 Å². The molecule has 278 valence electrons. The van der Waals surface area contributed by atoms with Crippen LogP contribution in [0.3, 0.4) is 0 Å². The minimum absolute atomic E-state index is 0. The maximum Gasteiger partial charge on any atom is -0.147 e. The van der Waals surface area contributed by atoms with Crippen LogP contribution in [0.1, 0.15) is 85.9 Å². The molecule has 6 heteroatoms. The molecule has 6 aromatic rings. The Morgan fingerprint density at radius 2 is 0.907 bits per heavy atom. The van der Waals surface area contributed by atoms with E-state index in [0.29, 0.717) is 0 Å². The molecule has 0 bridgehead atoms. The van der Waals surface area contributed by atoms with Gasteiger partial charge in [0.05, 0.1) is 0 Å². The Labute approximate surface area is 336 Å². The summed E-state index contributed by atoms with van der Waals surface area (Å²) in [7, 11) is 0. The Morgan fingerprint density at radius 3 is 1.24 bits per heavy atom. The summed E-state index contributed by atoms with van der Waals surface area (Å²) in [5, 5.41) is 0. The van der Waals surface area contributed by atoms with Gasteiger partial charge in [0.25, 0.3) is 0 Å². The Morgan fingerprint density at radius 1 is 0.519 bits per heavy atom. The van der Waals surface area contributed by atoms with Crippen LogP contribution >= 0.6 is 24.8 Å². The summed E-state index contributed by atoms with van der Waals surface area (Å²) in [4.78, 5) is 0. The zero-order chi connectivity index (χ0) is 36.9. The van der Waals surface area contributed by atoms with Crippen LogP contribution in [0.5, 0.6) is 0 Å². The number of aryl methyl sites for hydroxylation is 6. The second kappa shape index (κ2) is 14.3. The normalized spacial score (nSPS) is 16.3. The first-order chi connectivity index (χ1) is 24.6. The molecule has 0 radical (unpaired) electrons. The van der Waals surface area contributed by atoms with Gasteiger partial charge < -0.3 is 0 Å². The Kier molecular flexibility index (Phi) is 10.6. The van der Waals surface area contributed by atoms with Crippen molar-refractivity contribution in [1.29, 1.82) is 0 Å². The van der Waals surface area contributed by atoms with Gasteiger partial charge in [0.15, 0.2) is 0 Å². The van der Waals surface area contributed by atoms with Gasteiger partial charge in [-0.2, -0.15) is 0 Å². The van der Waals surface area contributed by atoms with Gasteiger partial charge in [-0.25, -0.2) is 0 Å². The molecule has 0 aliphatic heterocycles. The molecule has 2 nitrogen and oxygen atoms in total. The second-order valence-electron chi connectivity index (χ2n) is 17.0. The first-order valence-electron chi connectivity index (χ1n) is 18.7. The molecule has 2 aromatic heterocycles. The van der Waals surface area contributed by atoms with Gasteiger partial charge in [-0.15, -0.1) is 24.8 Å². The van der Waals surface area contributed by atoms with E-state index in [9.17, 15) is 0 Å². The number of rotatable bonds is 6. The van der Waals surface area contributed by atoms with Crippen LogP contribution in [0, 0.1) is 55.4 Å². The molecule has 4 aromatic carbocycles. The first kappa shape index (κ1) is 40.3. The predicted molar refractivity (Wildman–Crippen MR) is 235 cm³/mol. The van der Waals surface area contributed by atoms with E-state index in [1.807, 2.05) is 0 Å². The molecule has 2 aliphatic carbocycles. The van der Waals surface area contributed by atoms with Crippen molar-refractivity contribution < 1.29 is 26.2 Å². The average Bonchev–Trinajstić information content (AvgIpc) is 3.87. The standard InChI is InChI=1S/2C23H21O.2CH3.2ClH.H2Si.Zr/c2*1-14-6-5-7-18(10-14)23-17(4)15(2)11-19-12-20(13-21(19)23)22-9-8-16(3)24-22;;;;;;/h2*5-13H,1-4H3;2*1H3;2*1H;1H2;. The zero-order valence-electron chi connectivity index (χ0n) is 33.2. The third-order valence-electron chi connectivity index (χ3n) is 12.2. The van der Waals surface area contributed by atoms with Gasteiger partial charge in [-0.1, -0.05) is 0 Å². The van der Waals surface area contributed by atoms with Crippen molar-refractivity contribution >= 4 is 55.0 Å². The van der Waals surface area contributed by atoms with Crippen molar-refractivity contribution in [3.63, 3.8) is 0 Å². The van der Waals surface area contributed by atoms with Crippen molar-refractivity contribution in [3.8, 4) is 22.3 Å². The van der Waals surface area contributed by atoms with Crippen LogP contribution < -0.4 is 0 Å². The number of furan rings is 2. The Balaban J connectivity index is 0.00000249. The quantitative estimate of drug-likeness (QED) is 0.156. The molecule has 0 fully saturated rings. The van der Waals surface area contributed by atoms with Crippen molar-refractivity contribution in [2.75, 3.05) is 0 Å². The number of hydrogen-bond donors (Lipinski definition) is 0. The van der Waals surface area contributed by atoms with Crippen molar-refractivity contribution in [2.45, 2.75) is 71.9 Å². The summed E-state index contributed by atoms with van der Waals surface area (Å²) < 4.78 is 19.1. The smallest absolute Gasteiger partial charge is 0.147 e. The average molecular weight is 851 g/mol. The van der Waals surface area contributed by atoms with Gasteiger partial charge in [0, 0.05) is 0 Å². The van der Waals surface area contributed by atoms with E-state index in [-0.39, 0.29) is 32.1 Å². The minimum atomic E-state index is -4.21. The third-order valence-corrected chi connectivity index (χ3v) is 29.5. The third kappa shape index (κ3) is 6.46. The van der Waals surface area contributed by atoms with Crippen molar-refractivity contribution in [1.82, 2.24) is 0 Å². The molecule has 0 N–H and O–H groups in total. The summed E-state index contributed by atoms with van der Waals surface area (Å²) in [6.07, 6.45) is 5.01. The van der Waals surface area contributed by atoms with Crippen LogP contribution in [0.2, 0.25) is 9.26 Å². The first-order valence-corrected chi connectivity index (χ1v) is 32.4. The van der Waals surface area contributed by atoms with Crippen molar-refractivity contribution in [2.24, 2.45) is 0 Å². The molecule has 0 saturated heterocycles. The summed E-state index contributed by atoms with van der Waals surface area (Å²) in [6, 6.07) is 31.8. The maximum absolute atomic E-state index is 6.60. The van der Waals surface area contributed by atoms with E-state index < -0.39 is 17.4 Å². The van der Waals surface area contributed by atoms with Crippen LogP contribution in [0.25, 0.3) is 45.6 Å². The predicted octanol–water partition coefficient (Wildman–Crippen LogP) is 13.7. The molecule has 2 atom stereocenters. The van der Waals surface area contributed by atoms with E-state index in [1.54, 1.807) is 0 Å². The largest absolute Gasteiger partial charge is 0.147 e.